The molecule has 0 spiro atoms. The molecule has 2 heterocycles. The van der Waals surface area contributed by atoms with E-state index < -0.39 is 0 Å². The number of aliphatic imine (C=N–C) groups is 1. The number of fused-ring (bicyclic) bond motifs is 5. The predicted octanol–water partition coefficient (Wildman–Crippen LogP) is 1.34. The Hall–Kier alpha value is -2.90. The fourth-order valence-electron chi connectivity index (χ4n) is 4.76. The zero-order valence-electron chi connectivity index (χ0n) is 17.5. The van der Waals surface area contributed by atoms with Crippen LogP contribution in [0.5, 0.6) is 5.88 Å². The van der Waals surface area contributed by atoms with E-state index in [1.807, 2.05) is 12.1 Å². The van der Waals surface area contributed by atoms with Crippen molar-refractivity contribution in [1.29, 1.82) is 0 Å². The largest absolute Gasteiger partial charge is 0.477 e. The number of carbonyl (C=O) groups is 2. The monoisotopic (exact) mass is 411 g/mol. The van der Waals surface area contributed by atoms with Crippen LogP contribution in [0.15, 0.2) is 35.5 Å². The highest BCUT2D eigenvalue weighted by Gasteiger charge is 2.58. The van der Waals surface area contributed by atoms with Crippen molar-refractivity contribution >= 4 is 17.8 Å². The smallest absolute Gasteiger partial charge is 0.233 e. The van der Waals surface area contributed by atoms with Crippen molar-refractivity contribution in [2.45, 2.75) is 26.3 Å². The minimum Gasteiger partial charge on any atom is -0.477 e. The van der Waals surface area contributed by atoms with E-state index >= 15 is 0 Å². The van der Waals surface area contributed by atoms with Gasteiger partial charge in [-0.05, 0) is 30.7 Å². The van der Waals surface area contributed by atoms with Crippen molar-refractivity contribution < 1.29 is 14.3 Å². The lowest BCUT2D eigenvalue weighted by Gasteiger charge is -2.19. The van der Waals surface area contributed by atoms with Crippen LogP contribution in [0.4, 0.5) is 0 Å². The molecule has 8 nitrogen and oxygen atoms in total. The number of guanidine groups is 1. The zero-order valence-corrected chi connectivity index (χ0v) is 17.5. The highest BCUT2D eigenvalue weighted by molar-refractivity contribution is 6.06. The average Bonchev–Trinajstić information content (AvgIpc) is 3.44. The number of nitrogens with zero attached hydrogens (tertiary/aromatic N) is 3. The Balaban J connectivity index is 1.27. The van der Waals surface area contributed by atoms with Gasteiger partial charge in [0.15, 0.2) is 5.96 Å². The SMILES string of the molecule is CCCOc1ncccc1CNC(=NC)NCCN1C(=O)C2C3C=CC(C3)C2C1=O. The molecular formula is C22H29N5O3. The van der Waals surface area contributed by atoms with Crippen molar-refractivity contribution in [1.82, 2.24) is 20.5 Å². The summed E-state index contributed by atoms with van der Waals surface area (Å²) < 4.78 is 5.68. The molecule has 1 saturated heterocycles. The molecule has 3 aliphatic rings. The number of aromatic nitrogens is 1. The quantitative estimate of drug-likeness (QED) is 0.290. The fourth-order valence-corrected chi connectivity index (χ4v) is 4.76. The second-order valence-electron chi connectivity index (χ2n) is 8.00. The first-order chi connectivity index (χ1) is 14.6. The molecule has 1 aliphatic heterocycles. The lowest BCUT2D eigenvalue weighted by molar-refractivity contribution is -0.140. The standard InChI is InChI=1S/C22H29N5O3/c1-3-11-30-19-16(5-4-8-24-19)13-26-22(23-2)25-9-10-27-20(28)17-14-6-7-15(12-14)18(17)21(27)29/h4-8,14-15,17-18H,3,9-13H2,1-2H3,(H2,23,25,26). The molecule has 30 heavy (non-hydrogen) atoms. The first-order valence-electron chi connectivity index (χ1n) is 10.7. The Bertz CT molecular complexity index is 838. The number of ether oxygens (including phenoxy) is 1. The van der Waals surface area contributed by atoms with Gasteiger partial charge in [-0.15, -0.1) is 0 Å². The summed E-state index contributed by atoms with van der Waals surface area (Å²) in [6, 6.07) is 3.83. The molecular weight excluding hydrogens is 382 g/mol. The molecule has 1 saturated carbocycles. The maximum Gasteiger partial charge on any atom is 0.233 e. The topological polar surface area (TPSA) is 95.9 Å². The normalized spacial score (nSPS) is 27.0. The average molecular weight is 412 g/mol. The van der Waals surface area contributed by atoms with E-state index in [2.05, 4.69) is 39.7 Å². The third-order valence-corrected chi connectivity index (χ3v) is 6.15. The van der Waals surface area contributed by atoms with Gasteiger partial charge in [0.1, 0.15) is 0 Å². The molecule has 2 N–H and O–H groups in total. The zero-order chi connectivity index (χ0) is 21.1. The minimum absolute atomic E-state index is 0.0142. The molecule has 2 amide bonds. The van der Waals surface area contributed by atoms with Gasteiger partial charge in [-0.25, -0.2) is 4.98 Å². The third kappa shape index (κ3) is 3.78. The number of carbonyl (C=O) groups excluding carboxylic acids is 2. The molecule has 0 aromatic carbocycles. The summed E-state index contributed by atoms with van der Waals surface area (Å²) >= 11 is 0. The van der Waals surface area contributed by atoms with E-state index in [4.69, 9.17) is 4.74 Å². The van der Waals surface area contributed by atoms with Gasteiger partial charge in [-0.2, -0.15) is 0 Å². The van der Waals surface area contributed by atoms with Crippen LogP contribution in [-0.4, -0.2) is 54.4 Å². The Morgan fingerprint density at radius 2 is 1.97 bits per heavy atom. The van der Waals surface area contributed by atoms with Gasteiger partial charge in [0.05, 0.1) is 18.4 Å². The van der Waals surface area contributed by atoms with E-state index in [0.717, 1.165) is 18.4 Å². The Morgan fingerprint density at radius 3 is 2.63 bits per heavy atom. The van der Waals surface area contributed by atoms with Gasteiger partial charge in [0, 0.05) is 38.4 Å². The Kier molecular flexibility index (Phi) is 6.01. The lowest BCUT2D eigenvalue weighted by atomic mass is 9.85. The summed E-state index contributed by atoms with van der Waals surface area (Å²) in [5.74, 6) is 1.39. The van der Waals surface area contributed by atoms with Crippen LogP contribution in [0, 0.1) is 23.7 Å². The van der Waals surface area contributed by atoms with E-state index in [9.17, 15) is 9.59 Å². The van der Waals surface area contributed by atoms with Crippen LogP contribution < -0.4 is 15.4 Å². The van der Waals surface area contributed by atoms with Crippen LogP contribution in [0.3, 0.4) is 0 Å². The molecule has 4 atom stereocenters. The predicted molar refractivity (Wildman–Crippen MR) is 113 cm³/mol. The molecule has 2 aliphatic carbocycles. The second-order valence-corrected chi connectivity index (χ2v) is 8.00. The Morgan fingerprint density at radius 1 is 1.23 bits per heavy atom. The number of nitrogens with one attached hydrogen (secondary N) is 2. The van der Waals surface area contributed by atoms with Crippen molar-refractivity contribution in [3.8, 4) is 5.88 Å². The van der Waals surface area contributed by atoms with Gasteiger partial charge >= 0.3 is 0 Å². The number of pyridine rings is 1. The number of hydrogen-bond acceptors (Lipinski definition) is 5. The van der Waals surface area contributed by atoms with E-state index in [1.165, 1.54) is 4.90 Å². The molecule has 1 aromatic rings. The highest BCUT2D eigenvalue weighted by Crippen LogP contribution is 2.52. The minimum atomic E-state index is -0.142. The molecule has 4 unspecified atom stereocenters. The summed E-state index contributed by atoms with van der Waals surface area (Å²) in [5.41, 5.74) is 0.939. The third-order valence-electron chi connectivity index (χ3n) is 6.15. The van der Waals surface area contributed by atoms with Gasteiger partial charge in [0.25, 0.3) is 0 Å². The van der Waals surface area contributed by atoms with Crippen LogP contribution in [-0.2, 0) is 16.1 Å². The second kappa shape index (κ2) is 8.85. The van der Waals surface area contributed by atoms with Crippen molar-refractivity contribution in [2.75, 3.05) is 26.7 Å². The van der Waals surface area contributed by atoms with Gasteiger partial charge in [-0.3, -0.25) is 19.5 Å². The molecule has 2 bridgehead atoms. The molecule has 1 aromatic heterocycles. The fraction of sp³-hybridized carbons (Fsp3) is 0.545. The summed E-state index contributed by atoms with van der Waals surface area (Å²) in [4.78, 5) is 35.4. The number of hydrogen-bond donors (Lipinski definition) is 2. The first kappa shape index (κ1) is 20.4. The maximum atomic E-state index is 12.7. The molecule has 2 fully saturated rings. The number of allylic oxidation sites excluding steroid dienone is 2. The number of likely N-dealkylation sites (tertiary alicyclic amines) is 1. The molecule has 160 valence electrons. The van der Waals surface area contributed by atoms with Gasteiger partial charge < -0.3 is 15.4 Å². The maximum absolute atomic E-state index is 12.7. The molecule has 4 rings (SSSR count). The van der Waals surface area contributed by atoms with Gasteiger partial charge in [-0.1, -0.05) is 25.1 Å². The number of amides is 2. The summed E-state index contributed by atoms with van der Waals surface area (Å²) in [6.07, 6.45) is 7.80. The number of rotatable bonds is 8. The van der Waals surface area contributed by atoms with Crippen LogP contribution in [0.1, 0.15) is 25.3 Å². The van der Waals surface area contributed by atoms with Gasteiger partial charge in [0.2, 0.25) is 17.7 Å². The first-order valence-corrected chi connectivity index (χ1v) is 10.7. The lowest BCUT2D eigenvalue weighted by Crippen LogP contribution is -2.43. The molecule has 8 heteroatoms. The van der Waals surface area contributed by atoms with Crippen molar-refractivity contribution in [3.05, 3.63) is 36.0 Å². The van der Waals surface area contributed by atoms with Crippen LogP contribution >= 0.6 is 0 Å². The van der Waals surface area contributed by atoms with E-state index in [-0.39, 0.29) is 35.5 Å². The summed E-state index contributed by atoms with van der Waals surface area (Å²) in [5, 5.41) is 6.42. The summed E-state index contributed by atoms with van der Waals surface area (Å²) in [7, 11) is 1.69. The van der Waals surface area contributed by atoms with E-state index in [1.54, 1.807) is 13.2 Å². The van der Waals surface area contributed by atoms with Crippen molar-refractivity contribution in [3.63, 3.8) is 0 Å². The van der Waals surface area contributed by atoms with Crippen LogP contribution in [0.25, 0.3) is 0 Å². The number of imide groups is 1. The molecule has 0 radical (unpaired) electrons. The Labute approximate surface area is 176 Å². The summed E-state index contributed by atoms with van der Waals surface area (Å²) in [6.45, 7) is 3.98. The van der Waals surface area contributed by atoms with Crippen molar-refractivity contribution in [2.24, 2.45) is 28.7 Å². The van der Waals surface area contributed by atoms with Crippen LogP contribution in [0.2, 0.25) is 0 Å². The highest BCUT2D eigenvalue weighted by atomic mass is 16.5. The van der Waals surface area contributed by atoms with E-state index in [0.29, 0.717) is 38.1 Å².